The number of non-ortho nitro benzene ring substituents is 1. The van der Waals surface area contributed by atoms with Crippen LogP contribution < -0.4 is 10.1 Å². The number of anilines is 1. The van der Waals surface area contributed by atoms with Crippen molar-refractivity contribution >= 4 is 23.2 Å². The standard InChI is InChI=1S/C13H13ClN4O3/c1-2-6-15-13-16-7-5-12(17-13)21-11-4-3-9(18(19)20)8-10(11)14/h3-5,7-8H,2,6H2,1H3,(H,15,16,17). The topological polar surface area (TPSA) is 90.2 Å². The van der Waals surface area contributed by atoms with E-state index in [0.717, 1.165) is 13.0 Å². The summed E-state index contributed by atoms with van der Waals surface area (Å²) in [5.41, 5.74) is -0.0969. The Bertz CT molecular complexity index is 651. The normalized spacial score (nSPS) is 10.2. The third kappa shape index (κ3) is 4.03. The van der Waals surface area contributed by atoms with Gasteiger partial charge in [0.15, 0.2) is 0 Å². The smallest absolute Gasteiger partial charge is 0.271 e. The Morgan fingerprint density at radius 1 is 1.43 bits per heavy atom. The summed E-state index contributed by atoms with van der Waals surface area (Å²) >= 11 is 5.96. The van der Waals surface area contributed by atoms with E-state index >= 15 is 0 Å². The first-order valence-corrected chi connectivity index (χ1v) is 6.66. The lowest BCUT2D eigenvalue weighted by Gasteiger charge is -2.08. The first kappa shape index (κ1) is 15.0. The van der Waals surface area contributed by atoms with Crippen LogP contribution in [-0.4, -0.2) is 21.4 Å². The lowest BCUT2D eigenvalue weighted by molar-refractivity contribution is -0.384. The molecule has 1 aromatic heterocycles. The molecule has 2 aromatic rings. The average molecular weight is 309 g/mol. The zero-order chi connectivity index (χ0) is 15.2. The Morgan fingerprint density at radius 2 is 2.24 bits per heavy atom. The van der Waals surface area contributed by atoms with E-state index in [1.54, 1.807) is 12.3 Å². The van der Waals surface area contributed by atoms with Crippen molar-refractivity contribution in [3.05, 3.63) is 45.6 Å². The second-order valence-electron chi connectivity index (χ2n) is 4.12. The zero-order valence-corrected chi connectivity index (χ0v) is 12.0. The molecule has 0 saturated heterocycles. The number of ether oxygens (including phenoxy) is 1. The number of rotatable bonds is 6. The molecule has 1 N–H and O–H groups in total. The van der Waals surface area contributed by atoms with Gasteiger partial charge in [0, 0.05) is 30.9 Å². The molecular formula is C13H13ClN4O3. The van der Waals surface area contributed by atoms with Crippen LogP contribution in [0, 0.1) is 10.1 Å². The summed E-state index contributed by atoms with van der Waals surface area (Å²) in [5, 5.41) is 13.8. The summed E-state index contributed by atoms with van der Waals surface area (Å²) in [4.78, 5) is 18.3. The van der Waals surface area contributed by atoms with Crippen LogP contribution in [0.5, 0.6) is 11.6 Å². The number of benzene rings is 1. The maximum absolute atomic E-state index is 10.6. The van der Waals surface area contributed by atoms with Gasteiger partial charge in [-0.15, -0.1) is 0 Å². The number of nitrogens with one attached hydrogen (secondary N) is 1. The lowest BCUT2D eigenvalue weighted by atomic mass is 10.3. The second kappa shape index (κ2) is 6.85. The maximum atomic E-state index is 10.6. The summed E-state index contributed by atoms with van der Waals surface area (Å²) in [6, 6.07) is 5.56. The van der Waals surface area contributed by atoms with Crippen molar-refractivity contribution in [1.82, 2.24) is 9.97 Å². The van der Waals surface area contributed by atoms with Crippen LogP contribution in [-0.2, 0) is 0 Å². The van der Waals surface area contributed by atoms with Crippen LogP contribution in [0.4, 0.5) is 11.6 Å². The molecule has 110 valence electrons. The van der Waals surface area contributed by atoms with Crippen molar-refractivity contribution in [3.8, 4) is 11.6 Å². The van der Waals surface area contributed by atoms with Crippen molar-refractivity contribution < 1.29 is 9.66 Å². The van der Waals surface area contributed by atoms with E-state index in [9.17, 15) is 10.1 Å². The van der Waals surface area contributed by atoms with Crippen LogP contribution in [0.3, 0.4) is 0 Å². The minimum absolute atomic E-state index is 0.0969. The zero-order valence-electron chi connectivity index (χ0n) is 11.2. The molecule has 0 aliphatic rings. The van der Waals surface area contributed by atoms with Gasteiger partial charge in [-0.05, 0) is 12.5 Å². The predicted octanol–water partition coefficient (Wildman–Crippen LogP) is 3.65. The third-order valence-corrected chi connectivity index (χ3v) is 2.80. The van der Waals surface area contributed by atoms with E-state index in [0.29, 0.717) is 17.6 Å². The predicted molar refractivity (Wildman–Crippen MR) is 79.0 cm³/mol. The average Bonchev–Trinajstić information content (AvgIpc) is 2.47. The van der Waals surface area contributed by atoms with Gasteiger partial charge in [0.1, 0.15) is 5.75 Å². The van der Waals surface area contributed by atoms with Gasteiger partial charge in [-0.1, -0.05) is 18.5 Å². The number of hydrogen-bond acceptors (Lipinski definition) is 6. The molecule has 1 heterocycles. The quantitative estimate of drug-likeness (QED) is 0.647. The third-order valence-electron chi connectivity index (χ3n) is 2.50. The first-order chi connectivity index (χ1) is 10.1. The number of hydrogen-bond donors (Lipinski definition) is 1. The molecule has 7 nitrogen and oxygen atoms in total. The largest absolute Gasteiger partial charge is 0.437 e. The van der Waals surface area contributed by atoms with Gasteiger partial charge in [0.05, 0.1) is 9.95 Å². The molecule has 0 saturated carbocycles. The monoisotopic (exact) mass is 308 g/mol. The molecule has 21 heavy (non-hydrogen) atoms. The van der Waals surface area contributed by atoms with Crippen LogP contribution in [0.15, 0.2) is 30.5 Å². The van der Waals surface area contributed by atoms with Gasteiger partial charge in [-0.2, -0.15) is 4.98 Å². The number of aromatic nitrogens is 2. The van der Waals surface area contributed by atoms with E-state index in [-0.39, 0.29) is 10.7 Å². The number of nitro groups is 1. The second-order valence-corrected chi connectivity index (χ2v) is 4.53. The highest BCUT2D eigenvalue weighted by Gasteiger charge is 2.11. The van der Waals surface area contributed by atoms with Gasteiger partial charge in [-0.25, -0.2) is 4.98 Å². The van der Waals surface area contributed by atoms with Crippen LogP contribution in [0.25, 0.3) is 0 Å². The van der Waals surface area contributed by atoms with Crippen LogP contribution in [0.1, 0.15) is 13.3 Å². The van der Waals surface area contributed by atoms with Gasteiger partial charge < -0.3 is 10.1 Å². The van der Waals surface area contributed by atoms with Crippen LogP contribution >= 0.6 is 11.6 Å². The number of nitrogens with zero attached hydrogens (tertiary/aromatic N) is 3. The Balaban J connectivity index is 2.16. The molecule has 0 unspecified atom stereocenters. The summed E-state index contributed by atoms with van der Waals surface area (Å²) in [6.07, 6.45) is 2.50. The van der Waals surface area contributed by atoms with Gasteiger partial charge in [0.2, 0.25) is 11.8 Å². The summed E-state index contributed by atoms with van der Waals surface area (Å²) < 4.78 is 5.52. The fourth-order valence-corrected chi connectivity index (χ4v) is 1.73. The van der Waals surface area contributed by atoms with E-state index in [1.807, 2.05) is 6.92 Å². The molecular weight excluding hydrogens is 296 g/mol. The Kier molecular flexibility index (Phi) is 4.89. The highest BCUT2D eigenvalue weighted by atomic mass is 35.5. The first-order valence-electron chi connectivity index (χ1n) is 6.29. The van der Waals surface area contributed by atoms with E-state index in [2.05, 4.69) is 15.3 Å². The SMILES string of the molecule is CCCNc1nccc(Oc2ccc([N+](=O)[O-])cc2Cl)n1. The van der Waals surface area contributed by atoms with Crippen molar-refractivity contribution in [2.24, 2.45) is 0 Å². The highest BCUT2D eigenvalue weighted by Crippen LogP contribution is 2.31. The summed E-state index contributed by atoms with van der Waals surface area (Å²) in [6.45, 7) is 2.78. The molecule has 1 aromatic carbocycles. The van der Waals surface area contributed by atoms with Crippen molar-refractivity contribution in [3.63, 3.8) is 0 Å². The molecule has 0 aliphatic carbocycles. The maximum Gasteiger partial charge on any atom is 0.271 e. The summed E-state index contributed by atoms with van der Waals surface area (Å²) in [5.74, 6) is 1.05. The van der Waals surface area contributed by atoms with Gasteiger partial charge >= 0.3 is 0 Å². The number of halogens is 1. The fraction of sp³-hybridized carbons (Fsp3) is 0.231. The van der Waals surface area contributed by atoms with Crippen molar-refractivity contribution in [1.29, 1.82) is 0 Å². The van der Waals surface area contributed by atoms with E-state index < -0.39 is 4.92 Å². The van der Waals surface area contributed by atoms with Crippen molar-refractivity contribution in [2.75, 3.05) is 11.9 Å². The Labute approximate surface area is 126 Å². The molecule has 2 rings (SSSR count). The van der Waals surface area contributed by atoms with Crippen molar-refractivity contribution in [2.45, 2.75) is 13.3 Å². The molecule has 0 aliphatic heterocycles. The molecule has 8 heteroatoms. The highest BCUT2D eigenvalue weighted by molar-refractivity contribution is 6.32. The molecule has 0 fully saturated rings. The Morgan fingerprint density at radius 3 is 2.90 bits per heavy atom. The van der Waals surface area contributed by atoms with E-state index in [1.165, 1.54) is 18.2 Å². The fourth-order valence-electron chi connectivity index (χ4n) is 1.52. The van der Waals surface area contributed by atoms with Gasteiger partial charge in [0.25, 0.3) is 5.69 Å². The minimum atomic E-state index is -0.521. The molecule has 0 atom stereocenters. The Hall–Kier alpha value is -2.41. The van der Waals surface area contributed by atoms with Gasteiger partial charge in [-0.3, -0.25) is 10.1 Å². The minimum Gasteiger partial charge on any atom is -0.437 e. The summed E-state index contributed by atoms with van der Waals surface area (Å²) in [7, 11) is 0. The van der Waals surface area contributed by atoms with E-state index in [4.69, 9.17) is 16.3 Å². The molecule has 0 spiro atoms. The molecule has 0 radical (unpaired) electrons. The van der Waals surface area contributed by atoms with Crippen LogP contribution in [0.2, 0.25) is 5.02 Å². The molecule has 0 amide bonds. The number of nitro benzene ring substituents is 1. The lowest BCUT2D eigenvalue weighted by Crippen LogP contribution is -2.04. The molecule has 0 bridgehead atoms.